The average Bonchev–Trinajstić information content (AvgIpc) is 2.25. The second-order valence-corrected chi connectivity index (χ2v) is 5.31. The first-order valence-corrected chi connectivity index (χ1v) is 5.63. The monoisotopic (exact) mass is 287 g/mol. The van der Waals surface area contributed by atoms with Crippen LogP contribution in [0.3, 0.4) is 0 Å². The van der Waals surface area contributed by atoms with Crippen molar-refractivity contribution in [2.45, 2.75) is 13.8 Å². The quantitative estimate of drug-likeness (QED) is 0.797. The van der Waals surface area contributed by atoms with Crippen molar-refractivity contribution >= 4 is 27.5 Å². The summed E-state index contributed by atoms with van der Waals surface area (Å²) in [5.74, 6) is -0.562. The number of ether oxygens (including phenoxy) is 1. The smallest absolute Gasteiger partial charge is 0.233 e. The van der Waals surface area contributed by atoms with Crippen LogP contribution in [0, 0.1) is 11.2 Å². The molecule has 1 heterocycles. The third-order valence-electron chi connectivity index (χ3n) is 2.45. The van der Waals surface area contributed by atoms with E-state index in [4.69, 9.17) is 4.74 Å². The zero-order valence-electron chi connectivity index (χ0n) is 8.93. The Morgan fingerprint density at radius 2 is 2.19 bits per heavy atom. The van der Waals surface area contributed by atoms with E-state index in [0.29, 0.717) is 10.2 Å². The molecule has 1 aliphatic rings. The van der Waals surface area contributed by atoms with Gasteiger partial charge in [0.05, 0.1) is 11.1 Å². The molecule has 1 aromatic rings. The van der Waals surface area contributed by atoms with Gasteiger partial charge in [0, 0.05) is 4.47 Å². The van der Waals surface area contributed by atoms with E-state index in [1.165, 1.54) is 6.07 Å². The van der Waals surface area contributed by atoms with Gasteiger partial charge in [-0.05, 0) is 26.0 Å². The highest BCUT2D eigenvalue weighted by atomic mass is 79.9. The van der Waals surface area contributed by atoms with Gasteiger partial charge in [0.1, 0.15) is 6.61 Å². The zero-order chi connectivity index (χ0) is 11.9. The van der Waals surface area contributed by atoms with Crippen molar-refractivity contribution in [2.24, 2.45) is 5.41 Å². The molecule has 86 valence electrons. The summed E-state index contributed by atoms with van der Waals surface area (Å²) >= 11 is 3.17. The van der Waals surface area contributed by atoms with E-state index in [2.05, 4.69) is 21.2 Å². The van der Waals surface area contributed by atoms with Crippen molar-refractivity contribution in [3.63, 3.8) is 0 Å². The Balaban J connectivity index is 2.49. The number of hydrogen-bond donors (Lipinski definition) is 1. The predicted molar refractivity (Wildman–Crippen MR) is 62.0 cm³/mol. The normalized spacial score (nSPS) is 18.1. The van der Waals surface area contributed by atoms with E-state index in [1.807, 2.05) is 0 Å². The molecule has 0 unspecified atom stereocenters. The predicted octanol–water partition coefficient (Wildman–Crippen LogP) is 2.95. The molecular formula is C11H11BrFNO2. The van der Waals surface area contributed by atoms with Gasteiger partial charge < -0.3 is 10.1 Å². The molecule has 0 aromatic heterocycles. The molecule has 0 saturated heterocycles. The topological polar surface area (TPSA) is 38.3 Å². The van der Waals surface area contributed by atoms with E-state index in [9.17, 15) is 9.18 Å². The number of halogens is 2. The molecule has 1 aliphatic heterocycles. The number of nitrogens with one attached hydrogen (secondary N) is 1. The highest BCUT2D eigenvalue weighted by Gasteiger charge is 2.33. The Bertz CT molecular complexity index is 460. The van der Waals surface area contributed by atoms with Crippen molar-refractivity contribution in [3.05, 3.63) is 22.4 Å². The van der Waals surface area contributed by atoms with Crippen LogP contribution >= 0.6 is 15.9 Å². The van der Waals surface area contributed by atoms with E-state index in [-0.39, 0.29) is 18.3 Å². The van der Waals surface area contributed by atoms with Crippen LogP contribution in [0.15, 0.2) is 16.6 Å². The van der Waals surface area contributed by atoms with E-state index >= 15 is 0 Å². The minimum Gasteiger partial charge on any atom is -0.487 e. The molecule has 3 nitrogen and oxygen atoms in total. The van der Waals surface area contributed by atoms with Crippen LogP contribution < -0.4 is 10.1 Å². The number of rotatable bonds is 0. The van der Waals surface area contributed by atoms with Crippen LogP contribution in [0.1, 0.15) is 13.8 Å². The number of amides is 1. The van der Waals surface area contributed by atoms with Gasteiger partial charge in [-0.25, -0.2) is 4.39 Å². The van der Waals surface area contributed by atoms with Crippen molar-refractivity contribution in [1.82, 2.24) is 0 Å². The first kappa shape index (κ1) is 11.4. The third kappa shape index (κ3) is 1.91. The van der Waals surface area contributed by atoms with E-state index < -0.39 is 11.2 Å². The lowest BCUT2D eigenvalue weighted by Crippen LogP contribution is -2.33. The summed E-state index contributed by atoms with van der Waals surface area (Å²) in [5, 5.41) is 2.66. The van der Waals surface area contributed by atoms with Crippen LogP contribution in [-0.4, -0.2) is 12.5 Å². The number of fused-ring (bicyclic) bond motifs is 1. The summed E-state index contributed by atoms with van der Waals surface area (Å²) < 4.78 is 19.5. The summed E-state index contributed by atoms with van der Waals surface area (Å²) in [7, 11) is 0. The molecule has 1 amide bonds. The summed E-state index contributed by atoms with van der Waals surface area (Å²) in [4.78, 5) is 11.8. The minimum atomic E-state index is -0.669. The Morgan fingerprint density at radius 1 is 1.50 bits per heavy atom. The highest BCUT2D eigenvalue weighted by Crippen LogP contribution is 2.36. The molecule has 2 rings (SSSR count). The Labute approximate surface area is 101 Å². The van der Waals surface area contributed by atoms with E-state index in [0.717, 1.165) is 0 Å². The van der Waals surface area contributed by atoms with Crippen molar-refractivity contribution in [2.75, 3.05) is 11.9 Å². The average molecular weight is 288 g/mol. The Hall–Kier alpha value is -1.10. The second-order valence-electron chi connectivity index (χ2n) is 4.39. The SMILES string of the molecule is CC1(C)COc2c(F)cc(Br)cc2NC1=O. The van der Waals surface area contributed by atoms with Gasteiger partial charge in [-0.3, -0.25) is 4.79 Å². The standard InChI is InChI=1S/C11H11BrFNO2/c1-11(2)5-16-9-7(13)3-6(12)4-8(9)14-10(11)15/h3-4H,5H2,1-2H3,(H,14,15). The summed E-state index contributed by atoms with van der Waals surface area (Å²) in [6, 6.07) is 2.93. The molecule has 0 saturated carbocycles. The number of hydrogen-bond acceptors (Lipinski definition) is 2. The Morgan fingerprint density at radius 3 is 2.88 bits per heavy atom. The molecule has 1 aromatic carbocycles. The fourth-order valence-corrected chi connectivity index (χ4v) is 1.84. The molecule has 0 fully saturated rings. The molecule has 1 N–H and O–H groups in total. The van der Waals surface area contributed by atoms with Gasteiger partial charge in [-0.2, -0.15) is 0 Å². The van der Waals surface area contributed by atoms with Gasteiger partial charge in [-0.15, -0.1) is 0 Å². The highest BCUT2D eigenvalue weighted by molar-refractivity contribution is 9.10. The largest absolute Gasteiger partial charge is 0.487 e. The zero-order valence-corrected chi connectivity index (χ0v) is 10.5. The number of anilines is 1. The lowest BCUT2D eigenvalue weighted by Gasteiger charge is -2.18. The van der Waals surface area contributed by atoms with Gasteiger partial charge in [-0.1, -0.05) is 15.9 Å². The summed E-state index contributed by atoms with van der Waals surface area (Å²) in [5.41, 5.74) is -0.305. The molecule has 5 heteroatoms. The molecule has 0 radical (unpaired) electrons. The van der Waals surface area contributed by atoms with Crippen LogP contribution in [-0.2, 0) is 4.79 Å². The van der Waals surface area contributed by atoms with Gasteiger partial charge >= 0.3 is 0 Å². The number of carbonyl (C=O) groups is 1. The number of carbonyl (C=O) groups excluding carboxylic acids is 1. The lowest BCUT2D eigenvalue weighted by molar-refractivity contribution is -0.124. The van der Waals surface area contributed by atoms with Crippen molar-refractivity contribution < 1.29 is 13.9 Å². The molecule has 0 bridgehead atoms. The van der Waals surface area contributed by atoms with Gasteiger partial charge in [0.2, 0.25) is 5.91 Å². The number of benzene rings is 1. The summed E-state index contributed by atoms with van der Waals surface area (Å²) in [6.45, 7) is 3.66. The van der Waals surface area contributed by atoms with E-state index in [1.54, 1.807) is 19.9 Å². The minimum absolute atomic E-state index is 0.0992. The third-order valence-corrected chi connectivity index (χ3v) is 2.91. The first-order chi connectivity index (χ1) is 7.40. The van der Waals surface area contributed by atoms with Crippen molar-refractivity contribution in [3.8, 4) is 5.75 Å². The molecule has 16 heavy (non-hydrogen) atoms. The molecule has 0 aliphatic carbocycles. The van der Waals surface area contributed by atoms with Crippen molar-refractivity contribution in [1.29, 1.82) is 0 Å². The lowest BCUT2D eigenvalue weighted by atomic mass is 9.94. The van der Waals surface area contributed by atoms with Crippen LogP contribution in [0.25, 0.3) is 0 Å². The molecule has 0 atom stereocenters. The van der Waals surface area contributed by atoms with Crippen LogP contribution in [0.2, 0.25) is 0 Å². The van der Waals surface area contributed by atoms with Crippen LogP contribution in [0.4, 0.5) is 10.1 Å². The second kappa shape index (κ2) is 3.73. The maximum absolute atomic E-state index is 13.6. The fraction of sp³-hybridized carbons (Fsp3) is 0.364. The van der Waals surface area contributed by atoms with Gasteiger partial charge in [0.25, 0.3) is 0 Å². The first-order valence-electron chi connectivity index (χ1n) is 4.83. The molecular weight excluding hydrogens is 277 g/mol. The maximum Gasteiger partial charge on any atom is 0.233 e. The Kier molecular flexibility index (Phi) is 2.66. The summed E-state index contributed by atoms with van der Waals surface area (Å²) in [6.07, 6.45) is 0. The fourth-order valence-electron chi connectivity index (χ4n) is 1.41. The molecule has 0 spiro atoms. The van der Waals surface area contributed by atoms with Gasteiger partial charge in [0.15, 0.2) is 11.6 Å². The maximum atomic E-state index is 13.6. The van der Waals surface area contributed by atoms with Crippen LogP contribution in [0.5, 0.6) is 5.75 Å².